The van der Waals surface area contributed by atoms with E-state index >= 15 is 0 Å². The smallest absolute Gasteiger partial charge is 0.305 e. The number of hydrogen-bond acceptors (Lipinski definition) is 6. The molecular formula is C47H83NO5Si. The molecule has 1 aliphatic carbocycles. The zero-order chi connectivity index (χ0) is 40.0. The summed E-state index contributed by atoms with van der Waals surface area (Å²) < 4.78 is 12.3. The molecule has 4 unspecified atom stereocenters. The van der Waals surface area contributed by atoms with Crippen molar-refractivity contribution in [1.29, 1.82) is 0 Å². The minimum Gasteiger partial charge on any atom is -0.469 e. The van der Waals surface area contributed by atoms with E-state index in [-0.39, 0.29) is 23.9 Å². The van der Waals surface area contributed by atoms with Crippen LogP contribution in [0.15, 0.2) is 36.4 Å². The van der Waals surface area contributed by atoms with Crippen LogP contribution in [0.2, 0.25) is 17.1 Å². The molecule has 0 saturated heterocycles. The van der Waals surface area contributed by atoms with Crippen LogP contribution in [-0.4, -0.2) is 62.0 Å². The Morgan fingerprint density at radius 1 is 0.907 bits per heavy atom. The number of unbranched alkanes of at least 4 members (excludes halogenated alkanes) is 9. The van der Waals surface area contributed by atoms with Crippen LogP contribution in [0.3, 0.4) is 0 Å². The van der Waals surface area contributed by atoms with Gasteiger partial charge in [0.25, 0.3) is 0 Å². The quantitative estimate of drug-likeness (QED) is 0.0363. The second-order valence-electron chi connectivity index (χ2n) is 17.5. The van der Waals surface area contributed by atoms with E-state index in [4.69, 9.17) is 9.16 Å². The summed E-state index contributed by atoms with van der Waals surface area (Å²) in [6.45, 7) is 21.3. The topological polar surface area (TPSA) is 76.1 Å². The maximum atomic E-state index is 13.8. The highest BCUT2D eigenvalue weighted by atomic mass is 28.4. The molecule has 0 radical (unpaired) electrons. The molecule has 6 nitrogen and oxygen atoms in total. The zero-order valence-electron chi connectivity index (χ0n) is 36.4. The van der Waals surface area contributed by atoms with Crippen molar-refractivity contribution >= 4 is 20.1 Å². The number of aliphatic hydroxyl groups is 1. The number of benzene rings is 1. The monoisotopic (exact) mass is 770 g/mol. The Labute approximate surface area is 333 Å². The predicted octanol–water partition coefficient (Wildman–Crippen LogP) is 12.2. The molecule has 0 bridgehead atoms. The summed E-state index contributed by atoms with van der Waals surface area (Å²) in [6, 6.07) is 10.4. The number of rotatable bonds is 30. The number of carbonyl (C=O) groups is 2. The third-order valence-corrected chi connectivity index (χ3v) is 18.1. The van der Waals surface area contributed by atoms with E-state index in [1.54, 1.807) is 0 Å². The fraction of sp³-hybridized carbons (Fsp3) is 0.787. The normalized spacial score (nSPS) is 19.1. The highest BCUT2D eigenvalue weighted by Gasteiger charge is 2.49. The number of carbonyl (C=O) groups excluding carboxylic acids is 2. The summed E-state index contributed by atoms with van der Waals surface area (Å²) in [7, 11) is -0.876. The first kappa shape index (κ1) is 48.3. The second kappa shape index (κ2) is 26.2. The van der Waals surface area contributed by atoms with E-state index in [2.05, 4.69) is 89.8 Å². The molecule has 0 amide bonds. The van der Waals surface area contributed by atoms with E-state index in [9.17, 15) is 14.7 Å². The average Bonchev–Trinajstić information content (AvgIpc) is 3.43. The van der Waals surface area contributed by atoms with Gasteiger partial charge in [0.15, 0.2) is 8.32 Å². The summed E-state index contributed by atoms with van der Waals surface area (Å²) >= 11 is 0. The van der Waals surface area contributed by atoms with Crippen molar-refractivity contribution in [1.82, 2.24) is 4.90 Å². The Kier molecular flexibility index (Phi) is 23.4. The first-order valence-corrected chi connectivity index (χ1v) is 24.6. The Morgan fingerprint density at radius 2 is 1.52 bits per heavy atom. The Morgan fingerprint density at radius 3 is 2.15 bits per heavy atom. The lowest BCUT2D eigenvalue weighted by Gasteiger charge is -2.42. The van der Waals surface area contributed by atoms with Crippen LogP contribution in [0.5, 0.6) is 0 Å². The third-order valence-electron chi connectivity index (χ3n) is 12.4. The van der Waals surface area contributed by atoms with E-state index < -0.39 is 13.9 Å². The highest BCUT2D eigenvalue weighted by Crippen LogP contribution is 2.44. The molecule has 1 fully saturated rings. The van der Waals surface area contributed by atoms with Gasteiger partial charge in [0.1, 0.15) is 5.78 Å². The maximum Gasteiger partial charge on any atom is 0.305 e. The number of methoxy groups -OCH3 is 1. The van der Waals surface area contributed by atoms with Crippen molar-refractivity contribution in [2.75, 3.05) is 20.2 Å². The standard InChI is InChI=1S/C47H83NO5Si/c1-10-13-15-16-19-22-34-48(12-3)37-41-29-27-40(28-30-41)31-35-54(38(4)5,39(6)7)53-45-36-44(49)42(24-20-17-18-21-26-46(50)52-9)43(45)25-23-33-47(8,51)32-14-11-2/h23,25,27-30,38-39,42-43,45,51H,10-22,24,26,31-37H2,1-9H3/b25-23+. The van der Waals surface area contributed by atoms with Gasteiger partial charge in [0.05, 0.1) is 18.8 Å². The van der Waals surface area contributed by atoms with Gasteiger partial charge in [-0.3, -0.25) is 14.5 Å². The molecule has 0 heterocycles. The predicted molar refractivity (Wildman–Crippen MR) is 230 cm³/mol. The first-order valence-electron chi connectivity index (χ1n) is 22.3. The van der Waals surface area contributed by atoms with Crippen molar-refractivity contribution < 1.29 is 23.9 Å². The Balaban J connectivity index is 2.17. The molecule has 1 N–H and O–H groups in total. The number of aryl methyl sites for hydroxylation is 1. The van der Waals surface area contributed by atoms with E-state index in [0.717, 1.165) is 76.9 Å². The van der Waals surface area contributed by atoms with E-state index in [0.29, 0.717) is 36.1 Å². The number of Topliss-reactive ketones (excluding diaryl/α,β-unsaturated/α-hetero) is 1. The van der Waals surface area contributed by atoms with Gasteiger partial charge in [-0.15, -0.1) is 0 Å². The van der Waals surface area contributed by atoms with Crippen molar-refractivity contribution in [3.05, 3.63) is 47.5 Å². The van der Waals surface area contributed by atoms with Crippen LogP contribution in [0, 0.1) is 11.8 Å². The third kappa shape index (κ3) is 17.1. The Bertz CT molecular complexity index is 1190. The minimum absolute atomic E-state index is 0.0241. The van der Waals surface area contributed by atoms with Crippen LogP contribution in [0.25, 0.3) is 0 Å². The molecule has 1 aromatic rings. The minimum atomic E-state index is -2.32. The molecule has 0 aromatic heterocycles. The van der Waals surface area contributed by atoms with Crippen LogP contribution >= 0.6 is 0 Å². The molecule has 7 heteroatoms. The molecule has 4 atom stereocenters. The SMILES string of the molecule is CCCCCCCCN(CC)Cc1ccc(CC[Si](OC2CC(=O)C(CCCCCCC(=O)OC)C2/C=C/CC(C)(O)CCCC)(C(C)C)C(C)C)cc1. The van der Waals surface area contributed by atoms with Gasteiger partial charge >= 0.3 is 5.97 Å². The summed E-state index contributed by atoms with van der Waals surface area (Å²) in [5, 5.41) is 11.1. The molecule has 54 heavy (non-hydrogen) atoms. The molecule has 1 saturated carbocycles. The number of ether oxygens (including phenoxy) is 1. The Hall–Kier alpha value is -1.80. The van der Waals surface area contributed by atoms with E-state index in [1.165, 1.54) is 63.3 Å². The number of nitrogens with zero attached hydrogens (tertiary/aromatic N) is 1. The summed E-state index contributed by atoms with van der Waals surface area (Å²) in [5.74, 6) is 0.134. The zero-order valence-corrected chi connectivity index (χ0v) is 37.4. The maximum absolute atomic E-state index is 13.8. The fourth-order valence-electron chi connectivity index (χ4n) is 8.65. The van der Waals surface area contributed by atoms with Crippen molar-refractivity contribution in [3.8, 4) is 0 Å². The van der Waals surface area contributed by atoms with Crippen LogP contribution in [0.1, 0.15) is 176 Å². The number of esters is 1. The van der Waals surface area contributed by atoms with Gasteiger partial charge in [-0.1, -0.05) is 149 Å². The summed E-state index contributed by atoms with van der Waals surface area (Å²) in [4.78, 5) is 27.9. The lowest BCUT2D eigenvalue weighted by molar-refractivity contribution is -0.140. The second-order valence-corrected chi connectivity index (χ2v) is 22.4. The molecule has 0 aliphatic heterocycles. The largest absolute Gasteiger partial charge is 0.469 e. The summed E-state index contributed by atoms with van der Waals surface area (Å²) in [6.07, 6.45) is 22.2. The summed E-state index contributed by atoms with van der Waals surface area (Å²) in [5.41, 5.74) is 2.85. The highest BCUT2D eigenvalue weighted by molar-refractivity contribution is 6.76. The first-order chi connectivity index (χ1) is 25.8. The van der Waals surface area contributed by atoms with Crippen molar-refractivity contribution in [2.45, 2.75) is 206 Å². The van der Waals surface area contributed by atoms with Gasteiger partial charge in [-0.25, -0.2) is 0 Å². The van der Waals surface area contributed by atoms with Crippen LogP contribution in [0.4, 0.5) is 0 Å². The van der Waals surface area contributed by atoms with Crippen LogP contribution < -0.4 is 0 Å². The fourth-order valence-corrected chi connectivity index (χ4v) is 13.3. The molecule has 0 spiro atoms. The van der Waals surface area contributed by atoms with Gasteiger partial charge in [-0.2, -0.15) is 0 Å². The van der Waals surface area contributed by atoms with Gasteiger partial charge < -0.3 is 14.3 Å². The molecule has 1 aliphatic rings. The number of ketones is 1. The number of hydrogen-bond donors (Lipinski definition) is 1. The van der Waals surface area contributed by atoms with Gasteiger partial charge in [-0.05, 0) is 86.8 Å². The van der Waals surface area contributed by atoms with Gasteiger partial charge in [0.2, 0.25) is 0 Å². The molecule has 2 rings (SSSR count). The van der Waals surface area contributed by atoms with Gasteiger partial charge in [0, 0.05) is 31.2 Å². The average molecular weight is 770 g/mol. The van der Waals surface area contributed by atoms with E-state index in [1.807, 2.05) is 6.92 Å². The van der Waals surface area contributed by atoms with Crippen LogP contribution in [-0.2, 0) is 31.7 Å². The lowest BCUT2D eigenvalue weighted by Crippen LogP contribution is -2.48. The lowest BCUT2D eigenvalue weighted by atomic mass is 9.87. The van der Waals surface area contributed by atoms with Crippen molar-refractivity contribution in [2.24, 2.45) is 11.8 Å². The molecule has 310 valence electrons. The van der Waals surface area contributed by atoms with Crippen molar-refractivity contribution in [3.63, 3.8) is 0 Å². The molecule has 1 aromatic carbocycles. The molecular weight excluding hydrogens is 687 g/mol.